The molecule has 0 unspecified atom stereocenters. The average Bonchev–Trinajstić information content (AvgIpc) is 2.81. The van der Waals surface area contributed by atoms with Crippen molar-refractivity contribution in [1.29, 1.82) is 0 Å². The number of nitrogens with zero attached hydrogens (tertiary/aromatic N) is 2. The van der Waals surface area contributed by atoms with E-state index in [1.165, 1.54) is 14.8 Å². The lowest BCUT2D eigenvalue weighted by molar-refractivity contribution is -0.131. The van der Waals surface area contributed by atoms with E-state index in [1.807, 2.05) is 6.07 Å². The van der Waals surface area contributed by atoms with Gasteiger partial charge in [0.25, 0.3) is 5.91 Å². The van der Waals surface area contributed by atoms with E-state index in [-0.39, 0.29) is 43.2 Å². The number of carbonyl (C=O) groups excluding carboxylic acids is 2. The van der Waals surface area contributed by atoms with Crippen molar-refractivity contribution in [3.05, 3.63) is 64.7 Å². The number of rotatable bonds is 5. The second-order valence-corrected chi connectivity index (χ2v) is 10.2. The molecular formula is C23H25F2N3O4S. The molecule has 7 nitrogen and oxygen atoms in total. The highest BCUT2D eigenvalue weighted by Gasteiger charge is 2.30. The number of carbonyl (C=O) groups is 2. The number of piperazine rings is 1. The second-order valence-electron chi connectivity index (χ2n) is 8.26. The molecule has 1 N–H and O–H groups in total. The molecule has 1 fully saturated rings. The van der Waals surface area contributed by atoms with Crippen molar-refractivity contribution < 1.29 is 26.8 Å². The van der Waals surface area contributed by atoms with Crippen molar-refractivity contribution in [3.63, 3.8) is 0 Å². The number of fused-ring (bicyclic) bond motifs is 1. The predicted molar refractivity (Wildman–Crippen MR) is 117 cm³/mol. The number of benzene rings is 2. The predicted octanol–water partition coefficient (Wildman–Crippen LogP) is 2.11. The van der Waals surface area contributed by atoms with Crippen LogP contribution >= 0.6 is 0 Å². The molecule has 176 valence electrons. The lowest BCUT2D eigenvalue weighted by Crippen LogP contribution is -2.52. The van der Waals surface area contributed by atoms with Crippen LogP contribution in [0.1, 0.15) is 34.3 Å². The zero-order chi connectivity index (χ0) is 23.6. The molecule has 10 heteroatoms. The zero-order valence-corrected chi connectivity index (χ0v) is 18.8. The van der Waals surface area contributed by atoms with Gasteiger partial charge in [0.05, 0.1) is 11.4 Å². The fourth-order valence-corrected chi connectivity index (χ4v) is 5.73. The van der Waals surface area contributed by atoms with Crippen LogP contribution in [-0.2, 0) is 27.7 Å². The maximum Gasteiger partial charge on any atom is 0.251 e. The average molecular weight is 478 g/mol. The zero-order valence-electron chi connectivity index (χ0n) is 18.0. The highest BCUT2D eigenvalue weighted by molar-refractivity contribution is 7.89. The van der Waals surface area contributed by atoms with Gasteiger partial charge in [-0.2, -0.15) is 4.31 Å². The van der Waals surface area contributed by atoms with Crippen LogP contribution in [0.3, 0.4) is 0 Å². The molecule has 1 aliphatic carbocycles. The minimum Gasteiger partial charge on any atom is -0.343 e. The van der Waals surface area contributed by atoms with E-state index in [0.717, 1.165) is 43.4 Å². The summed E-state index contributed by atoms with van der Waals surface area (Å²) in [4.78, 5) is 26.3. The van der Waals surface area contributed by atoms with Crippen molar-refractivity contribution >= 4 is 21.8 Å². The van der Waals surface area contributed by atoms with Gasteiger partial charge in [0.2, 0.25) is 15.9 Å². The maximum absolute atomic E-state index is 13.3. The summed E-state index contributed by atoms with van der Waals surface area (Å²) in [5.41, 5.74) is 2.07. The molecule has 2 aromatic rings. The molecule has 0 saturated carbocycles. The summed E-state index contributed by atoms with van der Waals surface area (Å²) in [6, 6.07) is 7.74. The molecule has 0 atom stereocenters. The molecule has 2 amide bonds. The first kappa shape index (κ1) is 23.3. The van der Waals surface area contributed by atoms with Crippen LogP contribution in [0.4, 0.5) is 8.78 Å². The van der Waals surface area contributed by atoms with Crippen LogP contribution in [0.5, 0.6) is 0 Å². The van der Waals surface area contributed by atoms with Crippen molar-refractivity contribution in [1.82, 2.24) is 14.5 Å². The van der Waals surface area contributed by atoms with Crippen molar-refractivity contribution in [3.8, 4) is 0 Å². The quantitative estimate of drug-likeness (QED) is 0.715. The van der Waals surface area contributed by atoms with Crippen molar-refractivity contribution in [2.75, 3.05) is 32.7 Å². The highest BCUT2D eigenvalue weighted by Crippen LogP contribution is 2.26. The molecule has 2 aromatic carbocycles. The van der Waals surface area contributed by atoms with Gasteiger partial charge in [-0.05, 0) is 61.1 Å². The standard InChI is InChI=1S/C23H25F2N3O4S/c24-19-11-18(12-20(25)14-19)23(30)26-15-22(29)27-7-9-28(10-8-27)33(31,32)21-6-5-16-3-1-2-4-17(16)13-21/h5-6,11-14H,1-4,7-10,15H2,(H,26,30). The molecule has 33 heavy (non-hydrogen) atoms. The van der Waals surface area contributed by atoms with E-state index in [1.54, 1.807) is 12.1 Å². The lowest BCUT2D eigenvalue weighted by Gasteiger charge is -2.34. The normalized spacial score (nSPS) is 16.8. The molecule has 2 aliphatic rings. The van der Waals surface area contributed by atoms with E-state index in [2.05, 4.69) is 5.32 Å². The topological polar surface area (TPSA) is 86.8 Å². The Labute approximate surface area is 191 Å². The summed E-state index contributed by atoms with van der Waals surface area (Å²) < 4.78 is 54.1. The summed E-state index contributed by atoms with van der Waals surface area (Å²) in [5, 5.41) is 2.35. The van der Waals surface area contributed by atoms with Gasteiger partial charge in [0.1, 0.15) is 11.6 Å². The van der Waals surface area contributed by atoms with E-state index < -0.39 is 33.5 Å². The van der Waals surface area contributed by atoms with Gasteiger partial charge in [-0.25, -0.2) is 17.2 Å². The fourth-order valence-electron chi connectivity index (χ4n) is 4.25. The number of hydrogen-bond acceptors (Lipinski definition) is 4. The molecule has 4 rings (SSSR count). The van der Waals surface area contributed by atoms with Crippen LogP contribution < -0.4 is 5.32 Å². The first-order chi connectivity index (χ1) is 15.7. The molecule has 0 radical (unpaired) electrons. The van der Waals surface area contributed by atoms with Crippen molar-refractivity contribution in [2.24, 2.45) is 0 Å². The van der Waals surface area contributed by atoms with E-state index in [0.29, 0.717) is 6.07 Å². The van der Waals surface area contributed by atoms with Gasteiger partial charge in [-0.3, -0.25) is 9.59 Å². The first-order valence-corrected chi connectivity index (χ1v) is 12.3. The van der Waals surface area contributed by atoms with E-state index >= 15 is 0 Å². The number of halogens is 2. The summed E-state index contributed by atoms with van der Waals surface area (Å²) in [5.74, 6) is -2.94. The Morgan fingerprint density at radius 3 is 2.18 bits per heavy atom. The van der Waals surface area contributed by atoms with Gasteiger partial charge < -0.3 is 10.2 Å². The SMILES string of the molecule is O=C(NCC(=O)N1CCN(S(=O)(=O)c2ccc3c(c2)CCCC3)CC1)c1cc(F)cc(F)c1. The Kier molecular flexibility index (Phi) is 6.76. The Bertz CT molecular complexity index is 1160. The minimum absolute atomic E-state index is 0.147. The lowest BCUT2D eigenvalue weighted by atomic mass is 9.92. The van der Waals surface area contributed by atoms with Gasteiger partial charge in [-0.15, -0.1) is 0 Å². The van der Waals surface area contributed by atoms with Gasteiger partial charge >= 0.3 is 0 Å². The van der Waals surface area contributed by atoms with Crippen molar-refractivity contribution in [2.45, 2.75) is 30.6 Å². The number of sulfonamides is 1. The number of nitrogens with one attached hydrogen (secondary N) is 1. The van der Waals surface area contributed by atoms with E-state index in [9.17, 15) is 26.8 Å². The minimum atomic E-state index is -3.66. The first-order valence-electron chi connectivity index (χ1n) is 10.9. The third-order valence-corrected chi connectivity index (χ3v) is 7.97. The third-order valence-electron chi connectivity index (χ3n) is 6.07. The molecule has 0 spiro atoms. The number of hydrogen-bond donors (Lipinski definition) is 1. The molecule has 0 aromatic heterocycles. The Hall–Kier alpha value is -2.85. The van der Waals surface area contributed by atoms with Crippen LogP contribution in [0.25, 0.3) is 0 Å². The van der Waals surface area contributed by atoms with Gasteiger partial charge in [0, 0.05) is 37.8 Å². The van der Waals surface area contributed by atoms with E-state index in [4.69, 9.17) is 0 Å². The molecule has 1 saturated heterocycles. The fraction of sp³-hybridized carbons (Fsp3) is 0.391. The Balaban J connectivity index is 1.32. The van der Waals surface area contributed by atoms with Gasteiger partial charge in [-0.1, -0.05) is 6.07 Å². The molecule has 1 heterocycles. The highest BCUT2D eigenvalue weighted by atomic mass is 32.2. The summed E-state index contributed by atoms with van der Waals surface area (Å²) in [6.07, 6.45) is 4.03. The second kappa shape index (κ2) is 9.56. The summed E-state index contributed by atoms with van der Waals surface area (Å²) in [7, 11) is -3.66. The van der Waals surface area contributed by atoms with Crippen LogP contribution in [0.2, 0.25) is 0 Å². The molecule has 1 aliphatic heterocycles. The maximum atomic E-state index is 13.3. The number of aryl methyl sites for hydroxylation is 2. The van der Waals surface area contributed by atoms with Gasteiger partial charge in [0.15, 0.2) is 0 Å². The third kappa shape index (κ3) is 5.22. The number of amides is 2. The van der Waals surface area contributed by atoms with Crippen LogP contribution in [0.15, 0.2) is 41.3 Å². The monoisotopic (exact) mass is 477 g/mol. The smallest absolute Gasteiger partial charge is 0.251 e. The van der Waals surface area contributed by atoms with Crippen LogP contribution in [-0.4, -0.2) is 62.2 Å². The summed E-state index contributed by atoms with van der Waals surface area (Å²) >= 11 is 0. The Morgan fingerprint density at radius 1 is 0.879 bits per heavy atom. The molecular weight excluding hydrogens is 452 g/mol. The summed E-state index contributed by atoms with van der Waals surface area (Å²) in [6.45, 7) is 0.317. The largest absolute Gasteiger partial charge is 0.343 e. The molecule has 0 bridgehead atoms. The van der Waals surface area contributed by atoms with Crippen LogP contribution in [0, 0.1) is 11.6 Å². The Morgan fingerprint density at radius 2 is 1.52 bits per heavy atom.